The Morgan fingerprint density at radius 1 is 1.00 bits per heavy atom. The van der Waals surface area contributed by atoms with Crippen molar-refractivity contribution in [2.75, 3.05) is 13.2 Å². The van der Waals surface area contributed by atoms with Crippen LogP contribution in [0.4, 0.5) is 0 Å². The highest BCUT2D eigenvalue weighted by molar-refractivity contribution is 4.72. The van der Waals surface area contributed by atoms with E-state index < -0.39 is 0 Å². The molecule has 0 amide bonds. The van der Waals surface area contributed by atoms with Gasteiger partial charge in [0.2, 0.25) is 0 Å². The molecule has 0 saturated heterocycles. The van der Waals surface area contributed by atoms with Crippen LogP contribution in [0.15, 0.2) is 0 Å². The molecule has 0 aromatic carbocycles. The van der Waals surface area contributed by atoms with Gasteiger partial charge >= 0.3 is 0 Å². The molecule has 0 radical (unpaired) electrons. The molecule has 0 rings (SSSR count). The van der Waals surface area contributed by atoms with Gasteiger partial charge in [0.1, 0.15) is 0 Å². The van der Waals surface area contributed by atoms with Gasteiger partial charge < -0.3 is 14.6 Å². The molecule has 1 atom stereocenters. The Morgan fingerprint density at radius 3 is 2.05 bits per heavy atom. The fraction of sp³-hybridized carbons (Fsp3) is 1.00. The molecule has 0 spiro atoms. The van der Waals surface area contributed by atoms with Gasteiger partial charge in [-0.3, -0.25) is 0 Å². The van der Waals surface area contributed by atoms with E-state index in [0.717, 1.165) is 19.3 Å². The van der Waals surface area contributed by atoms with Gasteiger partial charge in [0.15, 0.2) is 0 Å². The Morgan fingerprint density at radius 2 is 1.58 bits per heavy atom. The van der Waals surface area contributed by atoms with Crippen LogP contribution < -0.4 is 0 Å². The van der Waals surface area contributed by atoms with Crippen molar-refractivity contribution in [3.8, 4) is 0 Å². The summed E-state index contributed by atoms with van der Waals surface area (Å²) in [6, 6.07) is 0. The summed E-state index contributed by atoms with van der Waals surface area (Å²) in [6.07, 6.45) is 2.26. The molecule has 0 heterocycles. The number of aliphatic hydroxyl groups excluding tert-OH is 1. The summed E-state index contributed by atoms with van der Waals surface area (Å²) < 4.78 is 11.7. The minimum absolute atomic E-state index is 0.0623. The van der Waals surface area contributed by atoms with Crippen LogP contribution in [0, 0.1) is 5.92 Å². The van der Waals surface area contributed by atoms with Crippen LogP contribution in [-0.4, -0.2) is 35.6 Å². The lowest BCUT2D eigenvalue weighted by molar-refractivity contribution is -0.0936. The van der Waals surface area contributed by atoms with Crippen molar-refractivity contribution in [1.82, 2.24) is 0 Å². The summed E-state index contributed by atoms with van der Waals surface area (Å²) >= 11 is 0. The summed E-state index contributed by atoms with van der Waals surface area (Å²) in [5.41, 5.74) is -0.310. The van der Waals surface area contributed by atoms with Crippen molar-refractivity contribution in [3.63, 3.8) is 0 Å². The first kappa shape index (κ1) is 18.9. The van der Waals surface area contributed by atoms with E-state index in [9.17, 15) is 5.11 Å². The minimum atomic E-state index is -0.368. The van der Waals surface area contributed by atoms with Crippen LogP contribution in [0.25, 0.3) is 0 Å². The molecule has 0 aromatic rings. The van der Waals surface area contributed by atoms with E-state index in [1.165, 1.54) is 0 Å². The van der Waals surface area contributed by atoms with Gasteiger partial charge in [0, 0.05) is 0 Å². The topological polar surface area (TPSA) is 38.7 Å². The fourth-order valence-electron chi connectivity index (χ4n) is 1.68. The van der Waals surface area contributed by atoms with Crippen molar-refractivity contribution < 1.29 is 14.6 Å². The molecule has 1 unspecified atom stereocenters. The molecular weight excluding hydrogens is 240 g/mol. The van der Waals surface area contributed by atoms with Gasteiger partial charge in [-0.25, -0.2) is 0 Å². The van der Waals surface area contributed by atoms with Crippen molar-refractivity contribution in [2.24, 2.45) is 5.92 Å². The fourth-order valence-corrected chi connectivity index (χ4v) is 1.68. The molecule has 0 saturated carbocycles. The summed E-state index contributed by atoms with van der Waals surface area (Å²) in [6.45, 7) is 15.7. The quantitative estimate of drug-likeness (QED) is 0.659. The van der Waals surface area contributed by atoms with Gasteiger partial charge in [-0.1, -0.05) is 20.8 Å². The average Bonchev–Trinajstić information content (AvgIpc) is 2.25. The Bertz CT molecular complexity index is 234. The van der Waals surface area contributed by atoms with Crippen molar-refractivity contribution in [3.05, 3.63) is 0 Å². The summed E-state index contributed by atoms with van der Waals surface area (Å²) in [5, 5.41) is 9.82. The summed E-state index contributed by atoms with van der Waals surface area (Å²) in [4.78, 5) is 0. The predicted octanol–water partition coefficient (Wildman–Crippen LogP) is 3.78. The van der Waals surface area contributed by atoms with E-state index in [4.69, 9.17) is 9.47 Å². The molecule has 0 aliphatic rings. The van der Waals surface area contributed by atoms with E-state index in [1.54, 1.807) is 0 Å². The van der Waals surface area contributed by atoms with Crippen molar-refractivity contribution in [1.29, 1.82) is 0 Å². The van der Waals surface area contributed by atoms with Gasteiger partial charge in [0.25, 0.3) is 0 Å². The maximum absolute atomic E-state index is 9.82. The number of hydrogen-bond donors (Lipinski definition) is 1. The van der Waals surface area contributed by atoms with Gasteiger partial charge in [-0.2, -0.15) is 0 Å². The zero-order valence-electron chi connectivity index (χ0n) is 14.0. The predicted molar refractivity (Wildman–Crippen MR) is 80.4 cm³/mol. The highest BCUT2D eigenvalue weighted by Gasteiger charge is 2.22. The largest absolute Gasteiger partial charge is 0.391 e. The molecule has 3 heteroatoms. The normalized spacial score (nSPS) is 15.0. The molecular formula is C16H34O3. The van der Waals surface area contributed by atoms with Crippen LogP contribution in [0.3, 0.4) is 0 Å². The van der Waals surface area contributed by atoms with E-state index >= 15 is 0 Å². The maximum atomic E-state index is 9.82. The highest BCUT2D eigenvalue weighted by Crippen LogP contribution is 2.20. The lowest BCUT2D eigenvalue weighted by Crippen LogP contribution is -2.33. The summed E-state index contributed by atoms with van der Waals surface area (Å²) in [5.74, 6) is 0.496. The third kappa shape index (κ3) is 10.3. The summed E-state index contributed by atoms with van der Waals surface area (Å²) in [7, 11) is 0. The zero-order valence-corrected chi connectivity index (χ0v) is 14.0. The van der Waals surface area contributed by atoms with Crippen LogP contribution >= 0.6 is 0 Å². The molecule has 116 valence electrons. The Labute approximate surface area is 119 Å². The third-order valence-corrected chi connectivity index (χ3v) is 3.46. The average molecular weight is 274 g/mol. The SMILES string of the molecule is CCC(C)(C)OCCC(C)(C)OCC(O)CC(C)C. The van der Waals surface area contributed by atoms with E-state index in [2.05, 4.69) is 48.5 Å². The maximum Gasteiger partial charge on any atom is 0.0776 e. The minimum Gasteiger partial charge on any atom is -0.391 e. The van der Waals surface area contributed by atoms with Gasteiger partial charge in [-0.15, -0.1) is 0 Å². The molecule has 0 aliphatic heterocycles. The number of hydrogen-bond acceptors (Lipinski definition) is 3. The lowest BCUT2D eigenvalue weighted by Gasteiger charge is -2.30. The number of rotatable bonds is 10. The second-order valence-electron chi connectivity index (χ2n) is 7.07. The first-order valence-corrected chi connectivity index (χ1v) is 7.54. The van der Waals surface area contributed by atoms with Crippen LogP contribution in [0.1, 0.15) is 67.7 Å². The van der Waals surface area contributed by atoms with Crippen LogP contribution in [0.5, 0.6) is 0 Å². The molecule has 3 nitrogen and oxygen atoms in total. The van der Waals surface area contributed by atoms with E-state index in [0.29, 0.717) is 19.1 Å². The monoisotopic (exact) mass is 274 g/mol. The molecule has 0 bridgehead atoms. The van der Waals surface area contributed by atoms with Gasteiger partial charge in [0.05, 0.1) is 30.5 Å². The standard InChI is InChI=1S/C16H34O3/c1-8-15(4,5)18-10-9-16(6,7)19-12-14(17)11-13(2)3/h13-14,17H,8-12H2,1-7H3. The smallest absolute Gasteiger partial charge is 0.0776 e. The molecule has 0 aliphatic carbocycles. The second-order valence-corrected chi connectivity index (χ2v) is 7.07. The van der Waals surface area contributed by atoms with Crippen LogP contribution in [0.2, 0.25) is 0 Å². The van der Waals surface area contributed by atoms with E-state index in [-0.39, 0.29) is 17.3 Å². The zero-order chi connectivity index (χ0) is 15.1. The third-order valence-electron chi connectivity index (χ3n) is 3.46. The molecule has 0 aromatic heterocycles. The highest BCUT2D eigenvalue weighted by atomic mass is 16.5. The second kappa shape index (κ2) is 8.23. The van der Waals surface area contributed by atoms with Gasteiger partial charge in [-0.05, 0) is 52.9 Å². The Balaban J connectivity index is 3.92. The first-order valence-electron chi connectivity index (χ1n) is 7.54. The van der Waals surface area contributed by atoms with Crippen LogP contribution in [-0.2, 0) is 9.47 Å². The molecule has 0 fully saturated rings. The molecule has 19 heavy (non-hydrogen) atoms. The Kier molecular flexibility index (Phi) is 8.18. The van der Waals surface area contributed by atoms with E-state index in [1.807, 2.05) is 0 Å². The van der Waals surface area contributed by atoms with Crippen molar-refractivity contribution >= 4 is 0 Å². The number of ether oxygens (including phenoxy) is 2. The number of aliphatic hydroxyl groups is 1. The molecule has 1 N–H and O–H groups in total. The Hall–Kier alpha value is -0.120. The lowest BCUT2D eigenvalue weighted by atomic mass is 10.0. The van der Waals surface area contributed by atoms with Crippen molar-refractivity contribution in [2.45, 2.75) is 85.0 Å². The first-order chi connectivity index (χ1) is 8.58.